The second-order valence-electron chi connectivity index (χ2n) is 5.64. The second kappa shape index (κ2) is 3.34. The Bertz CT molecular complexity index is 330. The summed E-state index contributed by atoms with van der Waals surface area (Å²) in [6.07, 6.45) is 2.94. The van der Waals surface area contributed by atoms with Crippen LogP contribution in [0.3, 0.4) is 0 Å². The van der Waals surface area contributed by atoms with Crippen molar-refractivity contribution in [3.05, 3.63) is 35.9 Å². The minimum absolute atomic E-state index is 0.744. The van der Waals surface area contributed by atoms with Gasteiger partial charge in [-0.15, -0.1) is 0 Å². The minimum Gasteiger partial charge on any atom is -0.298 e. The summed E-state index contributed by atoms with van der Waals surface area (Å²) in [4.78, 5) is 2.58. The van der Waals surface area contributed by atoms with Gasteiger partial charge in [0.25, 0.3) is 0 Å². The highest BCUT2D eigenvalue weighted by atomic mass is 15.2. The molecule has 0 atom stereocenters. The molecular formula is C14H19N. The molecule has 1 saturated heterocycles. The van der Waals surface area contributed by atoms with Gasteiger partial charge in [0.05, 0.1) is 0 Å². The van der Waals surface area contributed by atoms with Gasteiger partial charge >= 0.3 is 0 Å². The highest BCUT2D eigenvalue weighted by Crippen LogP contribution is 2.51. The third-order valence-electron chi connectivity index (χ3n) is 3.93. The van der Waals surface area contributed by atoms with Gasteiger partial charge in [0.15, 0.2) is 0 Å². The summed E-state index contributed by atoms with van der Waals surface area (Å²) in [7, 11) is 0. The topological polar surface area (TPSA) is 3.24 Å². The van der Waals surface area contributed by atoms with E-state index in [1.807, 2.05) is 0 Å². The molecule has 1 saturated carbocycles. The predicted octanol–water partition coefficient (Wildman–Crippen LogP) is 2.92. The van der Waals surface area contributed by atoms with Gasteiger partial charge in [-0.1, -0.05) is 37.3 Å². The number of hydrogen-bond acceptors (Lipinski definition) is 1. The molecule has 1 heteroatoms. The maximum Gasteiger partial charge on any atom is 0.0234 e. The van der Waals surface area contributed by atoms with E-state index in [4.69, 9.17) is 0 Å². The molecule has 0 amide bonds. The molecule has 1 heterocycles. The summed E-state index contributed by atoms with van der Waals surface area (Å²) in [5.41, 5.74) is 2.20. The first-order chi connectivity index (χ1) is 7.26. The van der Waals surface area contributed by atoms with Gasteiger partial charge < -0.3 is 0 Å². The minimum atomic E-state index is 0.744. The number of likely N-dealkylation sites (tertiary alicyclic amines) is 1. The number of benzene rings is 1. The molecule has 0 N–H and O–H groups in total. The highest BCUT2D eigenvalue weighted by molar-refractivity contribution is 5.16. The zero-order chi connectivity index (χ0) is 10.3. The smallest absolute Gasteiger partial charge is 0.0234 e. The standard InChI is InChI=1S/C14H19N/c1-12-7-14(8-12)10-15(11-14)9-13-5-3-2-4-6-13/h2-6,12H,7-11H2,1H3. The van der Waals surface area contributed by atoms with Crippen LogP contribution in [-0.2, 0) is 6.54 Å². The summed E-state index contributed by atoms with van der Waals surface area (Å²) in [5, 5.41) is 0. The van der Waals surface area contributed by atoms with Crippen LogP contribution in [0, 0.1) is 11.3 Å². The fraction of sp³-hybridized carbons (Fsp3) is 0.571. The SMILES string of the molecule is CC1CC2(C1)CN(Cc1ccccc1)C2. The maximum atomic E-state index is 2.58. The normalized spacial score (nSPS) is 24.9. The molecule has 0 bridgehead atoms. The molecule has 15 heavy (non-hydrogen) atoms. The molecule has 1 nitrogen and oxygen atoms in total. The Morgan fingerprint density at radius 3 is 2.47 bits per heavy atom. The lowest BCUT2D eigenvalue weighted by Crippen LogP contribution is -2.61. The Morgan fingerprint density at radius 2 is 1.87 bits per heavy atom. The van der Waals surface area contributed by atoms with Crippen molar-refractivity contribution in [1.82, 2.24) is 4.90 Å². The van der Waals surface area contributed by atoms with Gasteiger partial charge in [-0.25, -0.2) is 0 Å². The molecular weight excluding hydrogens is 182 g/mol. The lowest BCUT2D eigenvalue weighted by Gasteiger charge is -2.59. The van der Waals surface area contributed by atoms with Gasteiger partial charge in [0, 0.05) is 19.6 Å². The third-order valence-corrected chi connectivity index (χ3v) is 3.93. The van der Waals surface area contributed by atoms with E-state index in [0.29, 0.717) is 0 Å². The van der Waals surface area contributed by atoms with Crippen molar-refractivity contribution in [3.63, 3.8) is 0 Å². The van der Waals surface area contributed by atoms with Crippen LogP contribution >= 0.6 is 0 Å². The van der Waals surface area contributed by atoms with Gasteiger partial charge in [-0.05, 0) is 29.7 Å². The number of nitrogens with zero attached hydrogens (tertiary/aromatic N) is 1. The Kier molecular flexibility index (Phi) is 2.10. The number of rotatable bonds is 2. The van der Waals surface area contributed by atoms with Crippen LogP contribution in [-0.4, -0.2) is 18.0 Å². The van der Waals surface area contributed by atoms with E-state index >= 15 is 0 Å². The average Bonchev–Trinajstić information content (AvgIpc) is 2.14. The van der Waals surface area contributed by atoms with Crippen molar-refractivity contribution >= 4 is 0 Å². The molecule has 2 aliphatic rings. The molecule has 2 fully saturated rings. The molecule has 1 aliphatic carbocycles. The van der Waals surface area contributed by atoms with Crippen molar-refractivity contribution in [3.8, 4) is 0 Å². The van der Waals surface area contributed by atoms with Crippen LogP contribution in [0.4, 0.5) is 0 Å². The first-order valence-electron chi connectivity index (χ1n) is 6.02. The fourth-order valence-electron chi connectivity index (χ4n) is 3.53. The summed E-state index contributed by atoms with van der Waals surface area (Å²) in [6, 6.07) is 10.8. The summed E-state index contributed by atoms with van der Waals surface area (Å²) in [5.74, 6) is 0.990. The van der Waals surface area contributed by atoms with E-state index in [1.54, 1.807) is 0 Å². The molecule has 1 aromatic carbocycles. The van der Waals surface area contributed by atoms with E-state index in [2.05, 4.69) is 42.2 Å². The molecule has 3 rings (SSSR count). The van der Waals surface area contributed by atoms with Crippen LogP contribution in [0.15, 0.2) is 30.3 Å². The summed E-state index contributed by atoms with van der Waals surface area (Å²) < 4.78 is 0. The summed E-state index contributed by atoms with van der Waals surface area (Å²) in [6.45, 7) is 6.21. The van der Waals surface area contributed by atoms with E-state index in [-0.39, 0.29) is 0 Å². The van der Waals surface area contributed by atoms with Gasteiger partial charge in [0.2, 0.25) is 0 Å². The van der Waals surface area contributed by atoms with Crippen LogP contribution in [0.1, 0.15) is 25.3 Å². The molecule has 1 aromatic rings. The maximum absolute atomic E-state index is 2.58. The highest BCUT2D eigenvalue weighted by Gasteiger charge is 2.50. The van der Waals surface area contributed by atoms with E-state index in [1.165, 1.54) is 31.5 Å². The van der Waals surface area contributed by atoms with Crippen molar-refractivity contribution < 1.29 is 0 Å². The largest absolute Gasteiger partial charge is 0.298 e. The molecule has 1 spiro atoms. The molecule has 0 unspecified atom stereocenters. The quantitative estimate of drug-likeness (QED) is 0.711. The molecule has 1 aliphatic heterocycles. The average molecular weight is 201 g/mol. The van der Waals surface area contributed by atoms with Crippen molar-refractivity contribution in [2.45, 2.75) is 26.3 Å². The third kappa shape index (κ3) is 1.69. The van der Waals surface area contributed by atoms with Crippen LogP contribution in [0.25, 0.3) is 0 Å². The Morgan fingerprint density at radius 1 is 1.20 bits per heavy atom. The van der Waals surface area contributed by atoms with Gasteiger partial charge in [-0.3, -0.25) is 4.90 Å². The van der Waals surface area contributed by atoms with Crippen molar-refractivity contribution in [2.75, 3.05) is 13.1 Å². The Labute approximate surface area is 92.1 Å². The first kappa shape index (κ1) is 9.41. The van der Waals surface area contributed by atoms with E-state index in [0.717, 1.165) is 17.9 Å². The van der Waals surface area contributed by atoms with Crippen molar-refractivity contribution in [1.29, 1.82) is 0 Å². The lowest BCUT2D eigenvalue weighted by atomic mass is 9.58. The Hall–Kier alpha value is -0.820. The fourth-order valence-corrected chi connectivity index (χ4v) is 3.53. The van der Waals surface area contributed by atoms with Crippen LogP contribution in [0.2, 0.25) is 0 Å². The molecule has 0 aromatic heterocycles. The lowest BCUT2D eigenvalue weighted by molar-refractivity contribution is -0.0931. The zero-order valence-corrected chi connectivity index (χ0v) is 9.45. The first-order valence-corrected chi connectivity index (χ1v) is 6.02. The van der Waals surface area contributed by atoms with Gasteiger partial charge in [0.1, 0.15) is 0 Å². The van der Waals surface area contributed by atoms with Crippen LogP contribution < -0.4 is 0 Å². The zero-order valence-electron chi connectivity index (χ0n) is 9.45. The summed E-state index contributed by atoms with van der Waals surface area (Å²) >= 11 is 0. The van der Waals surface area contributed by atoms with E-state index in [9.17, 15) is 0 Å². The van der Waals surface area contributed by atoms with Crippen molar-refractivity contribution in [2.24, 2.45) is 11.3 Å². The monoisotopic (exact) mass is 201 g/mol. The predicted molar refractivity (Wildman–Crippen MR) is 62.6 cm³/mol. The van der Waals surface area contributed by atoms with Gasteiger partial charge in [-0.2, -0.15) is 0 Å². The molecule has 0 radical (unpaired) electrons. The second-order valence-corrected chi connectivity index (χ2v) is 5.64. The molecule has 80 valence electrons. The van der Waals surface area contributed by atoms with E-state index < -0.39 is 0 Å². The Balaban J connectivity index is 1.52. The van der Waals surface area contributed by atoms with Crippen LogP contribution in [0.5, 0.6) is 0 Å². The number of hydrogen-bond donors (Lipinski definition) is 0.